The van der Waals surface area contributed by atoms with Crippen molar-refractivity contribution < 1.29 is 14.3 Å². The monoisotopic (exact) mass is 304 g/mol. The molecule has 2 amide bonds. The van der Waals surface area contributed by atoms with E-state index < -0.39 is 0 Å². The molecule has 5 heteroatoms. The van der Waals surface area contributed by atoms with Gasteiger partial charge in [0.1, 0.15) is 6.61 Å². The maximum absolute atomic E-state index is 12.0. The van der Waals surface area contributed by atoms with E-state index in [-0.39, 0.29) is 24.6 Å². The quantitative estimate of drug-likeness (QED) is 0.909. The van der Waals surface area contributed by atoms with E-state index in [2.05, 4.69) is 5.32 Å². The Labute approximate surface area is 131 Å². The Hall–Kier alpha value is -2.04. The van der Waals surface area contributed by atoms with E-state index in [1.165, 1.54) is 0 Å². The van der Waals surface area contributed by atoms with Crippen molar-refractivity contribution in [1.29, 1.82) is 0 Å². The van der Waals surface area contributed by atoms with Crippen molar-refractivity contribution >= 4 is 12.0 Å². The highest BCUT2D eigenvalue weighted by atomic mass is 16.6. The molecule has 1 heterocycles. The number of rotatable bonds is 5. The Morgan fingerprint density at radius 1 is 1.32 bits per heavy atom. The number of carbonyl (C=O) groups excluding carboxylic acids is 2. The second-order valence-corrected chi connectivity index (χ2v) is 6.14. The molecule has 5 nitrogen and oxygen atoms in total. The fourth-order valence-corrected chi connectivity index (χ4v) is 2.51. The maximum Gasteiger partial charge on any atom is 0.410 e. The van der Waals surface area contributed by atoms with Gasteiger partial charge in [-0.25, -0.2) is 4.79 Å². The van der Waals surface area contributed by atoms with Crippen LogP contribution in [-0.4, -0.2) is 36.0 Å². The van der Waals surface area contributed by atoms with Crippen LogP contribution in [0.25, 0.3) is 0 Å². The highest BCUT2D eigenvalue weighted by Gasteiger charge is 2.28. The zero-order valence-corrected chi connectivity index (χ0v) is 13.2. The standard InChI is InChI=1S/C17H24N2O3/c1-13(2)10-16(20)18-15-8-9-19(11-15)17(21)22-12-14-6-4-3-5-7-14/h3-7,13,15H,8-12H2,1-2H3,(H,18,20). The van der Waals surface area contributed by atoms with Crippen LogP contribution in [0.4, 0.5) is 4.79 Å². The molecule has 1 atom stereocenters. The number of likely N-dealkylation sites (tertiary alicyclic amines) is 1. The Balaban J connectivity index is 1.73. The van der Waals surface area contributed by atoms with Gasteiger partial charge in [0.25, 0.3) is 0 Å². The fourth-order valence-electron chi connectivity index (χ4n) is 2.51. The van der Waals surface area contributed by atoms with Crippen LogP contribution < -0.4 is 5.32 Å². The summed E-state index contributed by atoms with van der Waals surface area (Å²) in [5.74, 6) is 0.396. The molecule has 1 aromatic carbocycles. The number of carbonyl (C=O) groups is 2. The van der Waals surface area contributed by atoms with E-state index in [0.29, 0.717) is 25.4 Å². The Morgan fingerprint density at radius 3 is 2.73 bits per heavy atom. The molecule has 1 fully saturated rings. The molecular formula is C17H24N2O3. The van der Waals surface area contributed by atoms with Gasteiger partial charge < -0.3 is 15.0 Å². The van der Waals surface area contributed by atoms with Gasteiger partial charge in [-0.05, 0) is 17.9 Å². The van der Waals surface area contributed by atoms with Crippen molar-refractivity contribution in [2.75, 3.05) is 13.1 Å². The summed E-state index contributed by atoms with van der Waals surface area (Å²) in [5.41, 5.74) is 0.969. The Bertz CT molecular complexity index is 502. The van der Waals surface area contributed by atoms with Crippen molar-refractivity contribution in [2.45, 2.75) is 39.3 Å². The van der Waals surface area contributed by atoms with Gasteiger partial charge in [-0.3, -0.25) is 4.79 Å². The smallest absolute Gasteiger partial charge is 0.410 e. The molecule has 22 heavy (non-hydrogen) atoms. The van der Waals surface area contributed by atoms with Gasteiger partial charge in [-0.2, -0.15) is 0 Å². The summed E-state index contributed by atoms with van der Waals surface area (Å²) in [6.45, 7) is 5.46. The van der Waals surface area contributed by atoms with Gasteiger partial charge in [-0.15, -0.1) is 0 Å². The summed E-state index contributed by atoms with van der Waals surface area (Å²) in [5, 5.41) is 2.98. The largest absolute Gasteiger partial charge is 0.445 e. The first-order valence-electron chi connectivity index (χ1n) is 7.79. The predicted molar refractivity (Wildman–Crippen MR) is 84.2 cm³/mol. The molecule has 1 saturated heterocycles. The van der Waals surface area contributed by atoms with Crippen LogP contribution in [0.2, 0.25) is 0 Å². The van der Waals surface area contributed by atoms with Gasteiger partial charge >= 0.3 is 6.09 Å². The number of ether oxygens (including phenoxy) is 1. The minimum Gasteiger partial charge on any atom is -0.445 e. The number of amides is 2. The van der Waals surface area contributed by atoms with Crippen LogP contribution in [-0.2, 0) is 16.1 Å². The summed E-state index contributed by atoms with van der Waals surface area (Å²) in [4.78, 5) is 25.4. The van der Waals surface area contributed by atoms with Gasteiger partial charge in [0, 0.05) is 25.6 Å². The number of nitrogens with one attached hydrogen (secondary N) is 1. The minimum atomic E-state index is -0.315. The van der Waals surface area contributed by atoms with Gasteiger partial charge in [-0.1, -0.05) is 44.2 Å². The van der Waals surface area contributed by atoms with Gasteiger partial charge in [0.15, 0.2) is 0 Å². The predicted octanol–water partition coefficient (Wildman–Crippen LogP) is 2.56. The van der Waals surface area contributed by atoms with E-state index in [9.17, 15) is 9.59 Å². The van der Waals surface area contributed by atoms with Crippen LogP contribution in [0, 0.1) is 5.92 Å². The molecule has 2 rings (SSSR count). The minimum absolute atomic E-state index is 0.0375. The van der Waals surface area contributed by atoms with E-state index in [4.69, 9.17) is 4.74 Å². The highest BCUT2D eigenvalue weighted by molar-refractivity contribution is 5.76. The van der Waals surface area contributed by atoms with E-state index in [1.54, 1.807) is 4.90 Å². The Morgan fingerprint density at radius 2 is 2.05 bits per heavy atom. The normalized spacial score (nSPS) is 17.6. The Kier molecular flexibility index (Phi) is 5.81. The maximum atomic E-state index is 12.0. The third-order valence-corrected chi connectivity index (χ3v) is 3.61. The zero-order chi connectivity index (χ0) is 15.9. The lowest BCUT2D eigenvalue weighted by Gasteiger charge is -2.17. The SMILES string of the molecule is CC(C)CC(=O)NC1CCN(C(=O)OCc2ccccc2)C1. The van der Waals surface area contributed by atoms with Crippen LogP contribution in [0.5, 0.6) is 0 Å². The zero-order valence-electron chi connectivity index (χ0n) is 13.2. The molecule has 1 aliphatic rings. The molecule has 1 unspecified atom stereocenters. The lowest BCUT2D eigenvalue weighted by atomic mass is 10.1. The van der Waals surface area contributed by atoms with E-state index in [1.807, 2.05) is 44.2 Å². The van der Waals surface area contributed by atoms with Gasteiger partial charge in [0.2, 0.25) is 5.91 Å². The lowest BCUT2D eigenvalue weighted by Crippen LogP contribution is -2.38. The number of benzene rings is 1. The molecular weight excluding hydrogens is 280 g/mol. The summed E-state index contributed by atoms with van der Waals surface area (Å²) >= 11 is 0. The first-order valence-corrected chi connectivity index (χ1v) is 7.79. The van der Waals surface area contributed by atoms with Crippen molar-refractivity contribution in [3.8, 4) is 0 Å². The van der Waals surface area contributed by atoms with E-state index in [0.717, 1.165) is 12.0 Å². The molecule has 0 aromatic heterocycles. The highest BCUT2D eigenvalue weighted by Crippen LogP contribution is 2.12. The molecule has 0 saturated carbocycles. The third-order valence-electron chi connectivity index (χ3n) is 3.61. The second kappa shape index (κ2) is 7.82. The molecule has 0 aliphatic carbocycles. The average molecular weight is 304 g/mol. The number of hydrogen-bond donors (Lipinski definition) is 1. The van der Waals surface area contributed by atoms with Crippen molar-refractivity contribution in [1.82, 2.24) is 10.2 Å². The summed E-state index contributed by atoms with van der Waals surface area (Å²) < 4.78 is 5.30. The molecule has 1 aromatic rings. The van der Waals surface area contributed by atoms with Crippen molar-refractivity contribution in [2.24, 2.45) is 5.92 Å². The third kappa shape index (κ3) is 5.06. The van der Waals surface area contributed by atoms with Crippen LogP contribution >= 0.6 is 0 Å². The first-order chi connectivity index (χ1) is 10.5. The van der Waals surface area contributed by atoms with Crippen molar-refractivity contribution in [3.05, 3.63) is 35.9 Å². The molecule has 1 N–H and O–H groups in total. The molecule has 0 spiro atoms. The summed E-state index contributed by atoms with van der Waals surface area (Å²) in [6, 6.07) is 9.64. The fraction of sp³-hybridized carbons (Fsp3) is 0.529. The number of nitrogens with zero attached hydrogens (tertiary/aromatic N) is 1. The summed E-state index contributed by atoms with van der Waals surface area (Å²) in [6.07, 6.45) is 0.989. The second-order valence-electron chi connectivity index (χ2n) is 6.14. The van der Waals surface area contributed by atoms with E-state index >= 15 is 0 Å². The topological polar surface area (TPSA) is 58.6 Å². The molecule has 0 radical (unpaired) electrons. The molecule has 1 aliphatic heterocycles. The van der Waals surface area contributed by atoms with Crippen LogP contribution in [0.15, 0.2) is 30.3 Å². The van der Waals surface area contributed by atoms with Crippen LogP contribution in [0.3, 0.4) is 0 Å². The number of hydrogen-bond acceptors (Lipinski definition) is 3. The van der Waals surface area contributed by atoms with Gasteiger partial charge in [0.05, 0.1) is 0 Å². The molecule has 120 valence electrons. The summed E-state index contributed by atoms with van der Waals surface area (Å²) in [7, 11) is 0. The molecule has 0 bridgehead atoms. The first kappa shape index (κ1) is 16.3. The van der Waals surface area contributed by atoms with Crippen molar-refractivity contribution in [3.63, 3.8) is 0 Å². The average Bonchev–Trinajstić information content (AvgIpc) is 2.93. The van der Waals surface area contributed by atoms with Crippen LogP contribution in [0.1, 0.15) is 32.3 Å². The lowest BCUT2D eigenvalue weighted by molar-refractivity contribution is -0.122.